The zero-order valence-electron chi connectivity index (χ0n) is 17.3. The summed E-state index contributed by atoms with van der Waals surface area (Å²) in [6, 6.07) is 13.9. The summed E-state index contributed by atoms with van der Waals surface area (Å²) in [6.07, 6.45) is 7.56. The molecule has 5 heteroatoms. The lowest BCUT2D eigenvalue weighted by Crippen LogP contribution is -2.02. The molecule has 2 aromatic carbocycles. The molecule has 1 N–H and O–H groups in total. The molecule has 5 nitrogen and oxygen atoms in total. The molecule has 4 rings (SSSR count). The maximum atomic E-state index is 6.05. The van der Waals surface area contributed by atoms with Crippen LogP contribution in [-0.2, 0) is 0 Å². The van der Waals surface area contributed by atoms with Crippen LogP contribution in [0.4, 0.5) is 5.82 Å². The molecule has 2 heterocycles. The summed E-state index contributed by atoms with van der Waals surface area (Å²) in [5.74, 6) is 2.70. The van der Waals surface area contributed by atoms with Crippen LogP contribution < -0.4 is 10.1 Å². The second-order valence-electron chi connectivity index (χ2n) is 6.72. The van der Waals surface area contributed by atoms with Gasteiger partial charge in [0.15, 0.2) is 5.82 Å². The maximum Gasteiger partial charge on any atom is 0.162 e. The first-order valence-corrected chi connectivity index (χ1v) is 9.70. The monoisotopic (exact) mass is 397 g/mol. The highest BCUT2D eigenvalue weighted by atomic mass is 16.5. The normalized spacial score (nSPS) is 12.0. The number of furan rings is 1. The molecule has 0 radical (unpaired) electrons. The van der Waals surface area contributed by atoms with E-state index in [1.807, 2.05) is 74.7 Å². The minimum atomic E-state index is 0.578. The highest BCUT2D eigenvalue weighted by molar-refractivity contribution is 5.98. The molecule has 0 amide bonds. The molecular weight excluding hydrogens is 374 g/mol. The first-order valence-electron chi connectivity index (χ1n) is 9.70. The number of para-hydroxylation sites is 1. The largest absolute Gasteiger partial charge is 0.494 e. The van der Waals surface area contributed by atoms with E-state index >= 15 is 0 Å². The van der Waals surface area contributed by atoms with Crippen LogP contribution in [0.3, 0.4) is 0 Å². The lowest BCUT2D eigenvalue weighted by molar-refractivity contribution is 0.419. The zero-order valence-corrected chi connectivity index (χ0v) is 17.3. The van der Waals surface area contributed by atoms with Gasteiger partial charge in [0, 0.05) is 29.0 Å². The Labute approximate surface area is 175 Å². The highest BCUT2D eigenvalue weighted by Gasteiger charge is 2.16. The van der Waals surface area contributed by atoms with E-state index in [1.54, 1.807) is 13.2 Å². The van der Waals surface area contributed by atoms with E-state index in [9.17, 15) is 0 Å². The number of methoxy groups -OCH3 is 1. The maximum absolute atomic E-state index is 6.05. The Kier molecular flexibility index (Phi) is 5.35. The Morgan fingerprint density at radius 3 is 2.70 bits per heavy atom. The van der Waals surface area contributed by atoms with Crippen LogP contribution in [0.5, 0.6) is 5.75 Å². The van der Waals surface area contributed by atoms with Crippen molar-refractivity contribution in [2.45, 2.75) is 6.92 Å². The summed E-state index contributed by atoms with van der Waals surface area (Å²) in [5.41, 5.74) is 3.29. The predicted octanol–water partition coefficient (Wildman–Crippen LogP) is 6.24. The van der Waals surface area contributed by atoms with Gasteiger partial charge in [-0.1, -0.05) is 49.1 Å². The van der Waals surface area contributed by atoms with Crippen molar-refractivity contribution in [2.24, 2.45) is 0 Å². The predicted molar refractivity (Wildman–Crippen MR) is 124 cm³/mol. The van der Waals surface area contributed by atoms with Crippen molar-refractivity contribution >= 4 is 33.3 Å². The number of fused-ring (bicyclic) bond motifs is 2. The van der Waals surface area contributed by atoms with Gasteiger partial charge in [-0.25, -0.2) is 9.97 Å². The molecule has 150 valence electrons. The van der Waals surface area contributed by atoms with Gasteiger partial charge in [-0.2, -0.15) is 0 Å². The van der Waals surface area contributed by atoms with E-state index in [1.165, 1.54) is 0 Å². The Bertz CT molecular complexity index is 1270. The number of allylic oxidation sites excluding steroid dienone is 5. The Hall–Kier alpha value is -3.86. The molecule has 0 atom stereocenters. The lowest BCUT2D eigenvalue weighted by atomic mass is 10.1. The molecule has 0 aliphatic heterocycles. The number of ether oxygens (including phenoxy) is 1. The number of hydrogen-bond acceptors (Lipinski definition) is 5. The van der Waals surface area contributed by atoms with Gasteiger partial charge < -0.3 is 14.5 Å². The van der Waals surface area contributed by atoms with E-state index in [-0.39, 0.29) is 0 Å². The lowest BCUT2D eigenvalue weighted by Gasteiger charge is -2.13. The first kappa shape index (κ1) is 19.5. The van der Waals surface area contributed by atoms with Crippen LogP contribution in [0.1, 0.15) is 12.7 Å². The molecule has 0 saturated heterocycles. The summed E-state index contributed by atoms with van der Waals surface area (Å²) >= 11 is 0. The van der Waals surface area contributed by atoms with Crippen molar-refractivity contribution in [3.05, 3.63) is 79.2 Å². The molecule has 2 aromatic heterocycles. The molecule has 4 aromatic rings. The number of aromatic nitrogens is 2. The van der Waals surface area contributed by atoms with Gasteiger partial charge in [0.2, 0.25) is 0 Å². The third kappa shape index (κ3) is 3.46. The molecule has 0 spiro atoms. The van der Waals surface area contributed by atoms with Gasteiger partial charge in [0.25, 0.3) is 0 Å². The zero-order chi connectivity index (χ0) is 21.1. The van der Waals surface area contributed by atoms with E-state index in [4.69, 9.17) is 19.1 Å². The first-order chi connectivity index (χ1) is 14.7. The molecule has 0 saturated carbocycles. The molecule has 0 unspecified atom stereocenters. The Morgan fingerprint density at radius 1 is 1.17 bits per heavy atom. The second-order valence-corrected chi connectivity index (χ2v) is 6.72. The fourth-order valence-electron chi connectivity index (χ4n) is 3.38. The van der Waals surface area contributed by atoms with E-state index in [2.05, 4.69) is 11.9 Å². The summed E-state index contributed by atoms with van der Waals surface area (Å²) < 4.78 is 11.7. The van der Waals surface area contributed by atoms with E-state index in [0.29, 0.717) is 17.4 Å². The quantitative estimate of drug-likeness (QED) is 0.390. The molecular formula is C25H23N3O2. The van der Waals surface area contributed by atoms with Crippen molar-refractivity contribution in [2.75, 3.05) is 19.5 Å². The van der Waals surface area contributed by atoms with Crippen LogP contribution in [0, 0.1) is 0 Å². The highest BCUT2D eigenvalue weighted by Crippen LogP contribution is 2.37. The van der Waals surface area contributed by atoms with Gasteiger partial charge in [-0.05, 0) is 31.2 Å². The topological polar surface area (TPSA) is 60.2 Å². The third-order valence-electron chi connectivity index (χ3n) is 4.88. The SMILES string of the molecule is C=C/C(=C\C=C/C)c1nc(NC)c2cc(-c3cc4ccccc4o3)cc(OC)c2n1. The van der Waals surface area contributed by atoms with Gasteiger partial charge >= 0.3 is 0 Å². The molecule has 0 bridgehead atoms. The van der Waals surface area contributed by atoms with Crippen molar-refractivity contribution in [3.63, 3.8) is 0 Å². The second kappa shape index (κ2) is 8.25. The number of nitrogens with one attached hydrogen (secondary N) is 1. The van der Waals surface area contributed by atoms with Crippen LogP contribution >= 0.6 is 0 Å². The Balaban J connectivity index is 1.95. The smallest absolute Gasteiger partial charge is 0.162 e. The van der Waals surface area contributed by atoms with E-state index < -0.39 is 0 Å². The fraction of sp³-hybridized carbons (Fsp3) is 0.120. The Morgan fingerprint density at radius 2 is 2.00 bits per heavy atom. The van der Waals surface area contributed by atoms with Crippen LogP contribution in [-0.4, -0.2) is 24.1 Å². The molecule has 0 fully saturated rings. The van der Waals surface area contributed by atoms with Crippen molar-refractivity contribution < 1.29 is 9.15 Å². The summed E-state index contributed by atoms with van der Waals surface area (Å²) in [7, 11) is 3.48. The summed E-state index contributed by atoms with van der Waals surface area (Å²) in [4.78, 5) is 9.49. The van der Waals surface area contributed by atoms with Gasteiger partial charge in [0.1, 0.15) is 28.4 Å². The average molecular weight is 397 g/mol. The number of hydrogen-bond donors (Lipinski definition) is 1. The van der Waals surface area contributed by atoms with Crippen molar-refractivity contribution in [3.8, 4) is 17.1 Å². The van der Waals surface area contributed by atoms with Crippen LogP contribution in [0.2, 0.25) is 0 Å². The van der Waals surface area contributed by atoms with Crippen LogP contribution in [0.15, 0.2) is 77.8 Å². The van der Waals surface area contributed by atoms with E-state index in [0.717, 1.165) is 38.8 Å². The summed E-state index contributed by atoms with van der Waals surface area (Å²) in [6.45, 7) is 5.86. The average Bonchev–Trinajstić information content (AvgIpc) is 3.22. The summed E-state index contributed by atoms with van der Waals surface area (Å²) in [5, 5.41) is 5.09. The standard InChI is InChI=1S/C25H23N3O2/c1-5-7-10-16(6-2)24-27-23-19(25(26-3)28-24)13-18(15-22(23)29-4)21-14-17-11-8-9-12-20(17)30-21/h5-15H,2H2,1,3-4H3,(H,26,27,28)/b7-5-,16-10+. The molecule has 0 aliphatic rings. The third-order valence-corrected chi connectivity index (χ3v) is 4.88. The fourth-order valence-corrected chi connectivity index (χ4v) is 3.38. The van der Waals surface area contributed by atoms with Crippen molar-refractivity contribution in [1.29, 1.82) is 0 Å². The molecule has 30 heavy (non-hydrogen) atoms. The molecule has 0 aliphatic carbocycles. The van der Waals surface area contributed by atoms with Gasteiger partial charge in [-0.15, -0.1) is 0 Å². The van der Waals surface area contributed by atoms with Crippen LogP contribution in [0.25, 0.3) is 38.8 Å². The van der Waals surface area contributed by atoms with Gasteiger partial charge in [-0.3, -0.25) is 0 Å². The van der Waals surface area contributed by atoms with Gasteiger partial charge in [0.05, 0.1) is 7.11 Å². The number of anilines is 1. The minimum absolute atomic E-state index is 0.578. The minimum Gasteiger partial charge on any atom is -0.494 e. The number of benzene rings is 2. The number of rotatable bonds is 6. The van der Waals surface area contributed by atoms with Crippen molar-refractivity contribution in [1.82, 2.24) is 9.97 Å². The number of nitrogens with zero attached hydrogens (tertiary/aromatic N) is 2.